The van der Waals surface area contributed by atoms with Gasteiger partial charge in [-0.2, -0.15) is 4.31 Å². The first kappa shape index (κ1) is 29.2. The molecule has 0 saturated heterocycles. The summed E-state index contributed by atoms with van der Waals surface area (Å²) >= 11 is 13.1. The summed E-state index contributed by atoms with van der Waals surface area (Å²) in [5, 5.41) is 2.96. The first-order valence-electron chi connectivity index (χ1n) is 12.5. The van der Waals surface area contributed by atoms with E-state index in [4.69, 9.17) is 37.4 Å². The summed E-state index contributed by atoms with van der Waals surface area (Å²) in [6.45, 7) is 1.69. The van der Waals surface area contributed by atoms with Crippen LogP contribution in [0.1, 0.15) is 16.7 Å². The minimum Gasteiger partial charge on any atom is -0.497 e. The molecule has 4 aromatic carbocycles. The molecule has 0 radical (unpaired) electrons. The molecule has 216 valence electrons. The molecule has 9 nitrogen and oxygen atoms in total. The monoisotopic (exact) mass is 626 g/mol. The Morgan fingerprint density at radius 3 is 2.19 bits per heavy atom. The van der Waals surface area contributed by atoms with Gasteiger partial charge in [0, 0.05) is 27.2 Å². The summed E-state index contributed by atoms with van der Waals surface area (Å²) < 4.78 is 45.3. The Kier molecular flexibility index (Phi) is 7.80. The van der Waals surface area contributed by atoms with Crippen LogP contribution in [0.3, 0.4) is 0 Å². The molecule has 0 fully saturated rings. The van der Waals surface area contributed by atoms with Crippen LogP contribution >= 0.6 is 23.2 Å². The fourth-order valence-electron chi connectivity index (χ4n) is 4.83. The topological polar surface area (TPSA) is 111 Å². The summed E-state index contributed by atoms with van der Waals surface area (Å²) in [6.07, 6.45) is -1.02. The molecule has 1 unspecified atom stereocenters. The zero-order chi connectivity index (χ0) is 30.2. The smallest absolute Gasteiger partial charge is 0.414 e. The van der Waals surface area contributed by atoms with Crippen molar-refractivity contribution in [3.05, 3.63) is 112 Å². The van der Waals surface area contributed by atoms with E-state index in [9.17, 15) is 18.0 Å². The quantitative estimate of drug-likeness (QED) is 0.264. The number of anilines is 1. The number of halogens is 2. The molecule has 1 heterocycles. The van der Waals surface area contributed by atoms with Crippen LogP contribution in [-0.4, -0.2) is 34.6 Å². The Hall–Kier alpha value is -4.25. The second kappa shape index (κ2) is 11.2. The van der Waals surface area contributed by atoms with Gasteiger partial charge in [-0.3, -0.25) is 10.1 Å². The number of carbonyl (C=O) groups is 2. The third kappa shape index (κ3) is 4.81. The van der Waals surface area contributed by atoms with E-state index in [0.29, 0.717) is 15.6 Å². The minimum atomic E-state index is -4.68. The number of benzene rings is 4. The van der Waals surface area contributed by atoms with E-state index in [-0.39, 0.29) is 43.3 Å². The highest BCUT2D eigenvalue weighted by Gasteiger charge is 2.58. The number of hydrogen-bond acceptors (Lipinski definition) is 7. The summed E-state index contributed by atoms with van der Waals surface area (Å²) in [7, 11) is -1.96. The van der Waals surface area contributed by atoms with Crippen molar-refractivity contribution in [3.63, 3.8) is 0 Å². The van der Waals surface area contributed by atoms with Crippen molar-refractivity contribution in [3.8, 4) is 17.2 Å². The zero-order valence-electron chi connectivity index (χ0n) is 22.6. The van der Waals surface area contributed by atoms with Crippen molar-refractivity contribution in [2.75, 3.05) is 18.5 Å². The summed E-state index contributed by atoms with van der Waals surface area (Å²) in [4.78, 5) is 27.8. The second-order valence-corrected chi connectivity index (χ2v) is 11.8. The van der Waals surface area contributed by atoms with Crippen molar-refractivity contribution in [2.45, 2.75) is 17.4 Å². The number of methoxy groups -OCH3 is 2. The van der Waals surface area contributed by atoms with Gasteiger partial charge in [0.1, 0.15) is 22.1 Å². The Balaban J connectivity index is 1.76. The lowest BCUT2D eigenvalue weighted by atomic mass is 9.83. The van der Waals surface area contributed by atoms with Gasteiger partial charge in [0.2, 0.25) is 0 Å². The Labute approximate surface area is 252 Å². The number of sulfonamides is 1. The normalized spacial score (nSPS) is 16.1. The number of ether oxygens (including phenoxy) is 3. The number of para-hydroxylation sites is 1. The molecule has 1 aliphatic rings. The predicted molar refractivity (Wildman–Crippen MR) is 158 cm³/mol. The standard InChI is InChI=1S/C30H24Cl2N2O7S/c1-18-15-22-25(17-24(18)32)34(42(37,38)27-14-13-20(39-2)16-26(27)40-3)28(35)30(22,21-11-7-8-12-23(21)31)33-29(36)41-19-9-5-4-6-10-19/h4-17H,1-3H3,(H,33,36). The van der Waals surface area contributed by atoms with Crippen molar-refractivity contribution in [1.29, 1.82) is 0 Å². The fourth-order valence-corrected chi connectivity index (χ4v) is 6.86. The molecule has 4 aromatic rings. The van der Waals surface area contributed by atoms with Gasteiger partial charge in [0.05, 0.1) is 19.9 Å². The second-order valence-electron chi connectivity index (χ2n) is 9.27. The van der Waals surface area contributed by atoms with Crippen LogP contribution in [0.15, 0.2) is 89.8 Å². The molecule has 42 heavy (non-hydrogen) atoms. The molecule has 5 rings (SSSR count). The van der Waals surface area contributed by atoms with Crippen LogP contribution < -0.4 is 23.8 Å². The molecule has 1 N–H and O–H groups in total. The van der Waals surface area contributed by atoms with Crippen molar-refractivity contribution in [2.24, 2.45) is 0 Å². The molecule has 2 amide bonds. The lowest BCUT2D eigenvalue weighted by molar-refractivity contribution is -0.121. The van der Waals surface area contributed by atoms with Crippen LogP contribution in [0.25, 0.3) is 0 Å². The van der Waals surface area contributed by atoms with E-state index >= 15 is 0 Å². The van der Waals surface area contributed by atoms with E-state index in [1.807, 2.05) is 0 Å². The van der Waals surface area contributed by atoms with Gasteiger partial charge in [-0.15, -0.1) is 0 Å². The van der Waals surface area contributed by atoms with Crippen LogP contribution in [-0.2, 0) is 20.4 Å². The lowest BCUT2D eigenvalue weighted by Crippen LogP contribution is -2.55. The first-order valence-corrected chi connectivity index (χ1v) is 14.7. The summed E-state index contributed by atoms with van der Waals surface area (Å²) in [5.41, 5.74) is -1.41. The first-order chi connectivity index (χ1) is 20.0. The van der Waals surface area contributed by atoms with E-state index in [1.54, 1.807) is 55.5 Å². The van der Waals surface area contributed by atoms with Crippen molar-refractivity contribution >= 4 is 50.9 Å². The van der Waals surface area contributed by atoms with Crippen molar-refractivity contribution < 1.29 is 32.2 Å². The van der Waals surface area contributed by atoms with Gasteiger partial charge in [-0.25, -0.2) is 13.2 Å². The maximum Gasteiger partial charge on any atom is 0.414 e. The van der Waals surface area contributed by atoms with Gasteiger partial charge in [-0.05, 0) is 55.0 Å². The number of carbonyl (C=O) groups excluding carboxylic acids is 2. The number of rotatable bonds is 7. The van der Waals surface area contributed by atoms with Crippen molar-refractivity contribution in [1.82, 2.24) is 5.32 Å². The molecular weight excluding hydrogens is 603 g/mol. The molecule has 0 spiro atoms. The summed E-state index contributed by atoms with van der Waals surface area (Å²) in [5.74, 6) is -0.549. The average Bonchev–Trinajstić information content (AvgIpc) is 3.20. The minimum absolute atomic E-state index is 0.0615. The van der Waals surface area contributed by atoms with Gasteiger partial charge in [0.25, 0.3) is 15.9 Å². The SMILES string of the molecule is COc1ccc(S(=O)(=O)N2C(=O)C(NC(=O)Oc3ccccc3)(c3ccccc3Cl)c3cc(C)c(Cl)cc32)c(OC)c1. The van der Waals surface area contributed by atoms with Gasteiger partial charge in [0.15, 0.2) is 5.54 Å². The number of fused-ring (bicyclic) bond motifs is 1. The number of hydrogen-bond donors (Lipinski definition) is 1. The van der Waals surface area contributed by atoms with Gasteiger partial charge >= 0.3 is 6.09 Å². The molecule has 1 atom stereocenters. The van der Waals surface area contributed by atoms with E-state index < -0.39 is 27.6 Å². The number of aryl methyl sites for hydroxylation is 1. The van der Waals surface area contributed by atoms with E-state index in [0.717, 1.165) is 0 Å². The number of nitrogens with one attached hydrogen (secondary N) is 1. The molecule has 1 aliphatic heterocycles. The lowest BCUT2D eigenvalue weighted by Gasteiger charge is -2.31. The molecule has 0 aromatic heterocycles. The largest absolute Gasteiger partial charge is 0.497 e. The molecule has 0 saturated carbocycles. The Morgan fingerprint density at radius 1 is 0.833 bits per heavy atom. The molecular formula is C30H24Cl2N2O7S. The number of nitrogens with zero attached hydrogens (tertiary/aromatic N) is 1. The zero-order valence-corrected chi connectivity index (χ0v) is 24.9. The van der Waals surface area contributed by atoms with Gasteiger partial charge in [-0.1, -0.05) is 59.6 Å². The van der Waals surface area contributed by atoms with Gasteiger partial charge < -0.3 is 14.2 Å². The molecule has 0 bridgehead atoms. The van der Waals surface area contributed by atoms with E-state index in [2.05, 4.69) is 5.32 Å². The highest BCUT2D eigenvalue weighted by Crippen LogP contribution is 2.50. The maximum atomic E-state index is 14.7. The van der Waals surface area contributed by atoms with Crippen LogP contribution in [0.4, 0.5) is 10.5 Å². The highest BCUT2D eigenvalue weighted by atomic mass is 35.5. The molecule has 0 aliphatic carbocycles. The Morgan fingerprint density at radius 2 is 1.52 bits per heavy atom. The Bertz CT molecular complexity index is 1820. The van der Waals surface area contributed by atoms with E-state index in [1.165, 1.54) is 50.6 Å². The van der Waals surface area contributed by atoms with Crippen LogP contribution in [0.5, 0.6) is 17.2 Å². The van der Waals surface area contributed by atoms with Crippen LogP contribution in [0, 0.1) is 6.92 Å². The highest BCUT2D eigenvalue weighted by molar-refractivity contribution is 7.93. The third-order valence-electron chi connectivity index (χ3n) is 6.82. The fraction of sp³-hybridized carbons (Fsp3) is 0.133. The summed E-state index contributed by atoms with van der Waals surface area (Å²) in [6, 6.07) is 21.5. The number of amides is 2. The maximum absolute atomic E-state index is 14.7. The van der Waals surface area contributed by atoms with Crippen LogP contribution in [0.2, 0.25) is 10.0 Å². The third-order valence-corrected chi connectivity index (χ3v) is 9.29. The predicted octanol–water partition coefficient (Wildman–Crippen LogP) is 6.09. The molecule has 12 heteroatoms. The average molecular weight is 628 g/mol.